The number of nitrogens with one attached hydrogen (secondary N) is 1. The van der Waals surface area contributed by atoms with Gasteiger partial charge in [0, 0.05) is 19.2 Å². The Morgan fingerprint density at radius 3 is 2.50 bits per heavy atom. The second-order valence-electron chi connectivity index (χ2n) is 4.12. The molecular formula is C9H19NO3S. The Bertz CT molecular complexity index is 249. The van der Waals surface area contributed by atoms with E-state index in [1.807, 2.05) is 6.92 Å². The van der Waals surface area contributed by atoms with Gasteiger partial charge in [0.25, 0.3) is 0 Å². The van der Waals surface area contributed by atoms with Gasteiger partial charge < -0.3 is 10.4 Å². The van der Waals surface area contributed by atoms with Crippen LogP contribution in [0.25, 0.3) is 0 Å². The minimum absolute atomic E-state index is 0.179. The summed E-state index contributed by atoms with van der Waals surface area (Å²) in [6, 6.07) is 0.313. The average Bonchev–Trinajstić information content (AvgIpc) is 2.16. The van der Waals surface area contributed by atoms with Crippen molar-refractivity contribution in [3.05, 3.63) is 0 Å². The van der Waals surface area contributed by atoms with E-state index in [0.29, 0.717) is 30.4 Å². The molecule has 0 spiro atoms. The summed E-state index contributed by atoms with van der Waals surface area (Å²) < 4.78 is 22.2. The molecular weight excluding hydrogens is 202 g/mol. The molecule has 0 bridgehead atoms. The molecule has 1 atom stereocenters. The summed E-state index contributed by atoms with van der Waals surface area (Å²) in [6.45, 7) is 2.91. The highest BCUT2D eigenvalue weighted by Crippen LogP contribution is 2.12. The zero-order valence-electron chi connectivity index (χ0n) is 8.57. The highest BCUT2D eigenvalue weighted by Gasteiger charge is 2.23. The molecule has 1 unspecified atom stereocenters. The van der Waals surface area contributed by atoms with E-state index in [1.54, 1.807) is 0 Å². The second-order valence-corrected chi connectivity index (χ2v) is 6.43. The molecule has 0 aliphatic carbocycles. The molecule has 4 nitrogen and oxygen atoms in total. The number of aliphatic hydroxyl groups excluding tert-OH is 1. The van der Waals surface area contributed by atoms with Crippen LogP contribution in [0.15, 0.2) is 0 Å². The van der Waals surface area contributed by atoms with Gasteiger partial charge in [-0.25, -0.2) is 8.42 Å². The highest BCUT2D eigenvalue weighted by molar-refractivity contribution is 7.91. The third-order valence-corrected chi connectivity index (χ3v) is 4.34. The van der Waals surface area contributed by atoms with Gasteiger partial charge in [-0.3, -0.25) is 0 Å². The van der Waals surface area contributed by atoms with Crippen LogP contribution in [0.1, 0.15) is 19.8 Å². The van der Waals surface area contributed by atoms with E-state index in [1.165, 1.54) is 0 Å². The first-order chi connectivity index (χ1) is 6.53. The lowest BCUT2D eigenvalue weighted by Gasteiger charge is -2.24. The molecule has 0 aromatic carbocycles. The summed E-state index contributed by atoms with van der Waals surface area (Å²) >= 11 is 0. The Morgan fingerprint density at radius 1 is 1.43 bits per heavy atom. The van der Waals surface area contributed by atoms with Crippen molar-refractivity contribution in [3.8, 4) is 0 Å². The monoisotopic (exact) mass is 221 g/mol. The molecule has 2 N–H and O–H groups in total. The van der Waals surface area contributed by atoms with Gasteiger partial charge >= 0.3 is 0 Å². The van der Waals surface area contributed by atoms with Crippen LogP contribution in [0.4, 0.5) is 0 Å². The van der Waals surface area contributed by atoms with Gasteiger partial charge in [0.05, 0.1) is 11.5 Å². The van der Waals surface area contributed by atoms with Crippen molar-refractivity contribution < 1.29 is 13.5 Å². The topological polar surface area (TPSA) is 66.4 Å². The molecule has 84 valence electrons. The Kier molecular flexibility index (Phi) is 4.34. The molecule has 14 heavy (non-hydrogen) atoms. The van der Waals surface area contributed by atoms with Crippen LogP contribution in [0, 0.1) is 5.92 Å². The van der Waals surface area contributed by atoms with Crippen LogP contribution < -0.4 is 5.32 Å². The Labute approximate surface area is 85.6 Å². The van der Waals surface area contributed by atoms with E-state index in [2.05, 4.69) is 5.32 Å². The van der Waals surface area contributed by atoms with Gasteiger partial charge in [-0.05, 0) is 18.8 Å². The van der Waals surface area contributed by atoms with Gasteiger partial charge in [-0.15, -0.1) is 0 Å². The first kappa shape index (κ1) is 11.9. The summed E-state index contributed by atoms with van der Waals surface area (Å²) in [7, 11) is -2.75. The maximum atomic E-state index is 11.1. The highest BCUT2D eigenvalue weighted by atomic mass is 32.2. The molecule has 0 aromatic rings. The molecule has 1 fully saturated rings. The van der Waals surface area contributed by atoms with E-state index < -0.39 is 9.84 Å². The largest absolute Gasteiger partial charge is 0.396 e. The normalized spacial score (nSPS) is 24.7. The van der Waals surface area contributed by atoms with Crippen LogP contribution in [0.3, 0.4) is 0 Å². The van der Waals surface area contributed by atoms with Gasteiger partial charge in [0.1, 0.15) is 9.84 Å². The van der Waals surface area contributed by atoms with Gasteiger partial charge in [-0.2, -0.15) is 0 Å². The predicted octanol–water partition coefficient (Wildman–Crippen LogP) is -0.218. The van der Waals surface area contributed by atoms with Crippen molar-refractivity contribution in [3.63, 3.8) is 0 Å². The Morgan fingerprint density at radius 2 is 2.00 bits per heavy atom. The number of aliphatic hydroxyl groups is 1. The Balaban J connectivity index is 2.23. The second kappa shape index (κ2) is 5.09. The SMILES string of the molecule is CC(CO)CNC1CCS(=O)(=O)CC1. The smallest absolute Gasteiger partial charge is 0.150 e. The third-order valence-electron chi connectivity index (χ3n) is 2.62. The first-order valence-electron chi connectivity index (χ1n) is 5.08. The van der Waals surface area contributed by atoms with E-state index in [9.17, 15) is 8.42 Å². The minimum atomic E-state index is -2.75. The lowest BCUT2D eigenvalue weighted by atomic mass is 10.1. The maximum Gasteiger partial charge on any atom is 0.150 e. The van der Waals surface area contributed by atoms with Crippen LogP contribution in [0.5, 0.6) is 0 Å². The molecule has 0 amide bonds. The molecule has 1 saturated heterocycles. The van der Waals surface area contributed by atoms with E-state index in [-0.39, 0.29) is 12.5 Å². The Hall–Kier alpha value is -0.130. The molecule has 5 heteroatoms. The number of sulfone groups is 1. The zero-order valence-corrected chi connectivity index (χ0v) is 9.39. The van der Waals surface area contributed by atoms with Crippen molar-refractivity contribution in [2.45, 2.75) is 25.8 Å². The van der Waals surface area contributed by atoms with Crippen LogP contribution in [-0.2, 0) is 9.84 Å². The number of hydrogen-bond donors (Lipinski definition) is 2. The first-order valence-corrected chi connectivity index (χ1v) is 6.90. The van der Waals surface area contributed by atoms with Crippen molar-refractivity contribution >= 4 is 9.84 Å². The van der Waals surface area contributed by atoms with E-state index in [0.717, 1.165) is 6.54 Å². The quantitative estimate of drug-likeness (QED) is 0.689. The molecule has 1 rings (SSSR count). The zero-order chi connectivity index (χ0) is 10.6. The van der Waals surface area contributed by atoms with Crippen LogP contribution in [0.2, 0.25) is 0 Å². The lowest BCUT2D eigenvalue weighted by molar-refractivity contribution is 0.229. The number of hydrogen-bond acceptors (Lipinski definition) is 4. The van der Waals surface area contributed by atoms with Crippen molar-refractivity contribution in [2.24, 2.45) is 5.92 Å². The fourth-order valence-electron chi connectivity index (χ4n) is 1.53. The van der Waals surface area contributed by atoms with E-state index in [4.69, 9.17) is 5.11 Å². The average molecular weight is 221 g/mol. The molecule has 1 heterocycles. The standard InChI is InChI=1S/C9H19NO3S/c1-8(7-11)6-10-9-2-4-14(12,13)5-3-9/h8-11H,2-7H2,1H3. The molecule has 0 radical (unpaired) electrons. The summed E-state index contributed by atoms with van der Waals surface area (Å²) in [6.07, 6.45) is 1.42. The fourth-order valence-corrected chi connectivity index (χ4v) is 3.02. The summed E-state index contributed by atoms with van der Waals surface area (Å²) in [4.78, 5) is 0. The molecule has 1 aliphatic heterocycles. The van der Waals surface area contributed by atoms with Crippen LogP contribution >= 0.6 is 0 Å². The summed E-state index contributed by atoms with van der Waals surface area (Å²) in [5, 5.41) is 12.1. The van der Waals surface area contributed by atoms with E-state index >= 15 is 0 Å². The summed E-state index contributed by atoms with van der Waals surface area (Å²) in [5.41, 5.74) is 0. The van der Waals surface area contributed by atoms with Gasteiger partial charge in [-0.1, -0.05) is 6.92 Å². The van der Waals surface area contributed by atoms with Crippen molar-refractivity contribution in [1.29, 1.82) is 0 Å². The summed E-state index contributed by atoms with van der Waals surface area (Å²) in [5.74, 6) is 0.851. The lowest BCUT2D eigenvalue weighted by Crippen LogP contribution is -2.39. The van der Waals surface area contributed by atoms with Gasteiger partial charge in [0.15, 0.2) is 0 Å². The molecule has 0 saturated carbocycles. The maximum absolute atomic E-state index is 11.1. The molecule has 1 aliphatic rings. The van der Waals surface area contributed by atoms with Crippen molar-refractivity contribution in [2.75, 3.05) is 24.7 Å². The number of rotatable bonds is 4. The predicted molar refractivity (Wildman–Crippen MR) is 55.9 cm³/mol. The van der Waals surface area contributed by atoms with Crippen molar-refractivity contribution in [1.82, 2.24) is 5.32 Å². The minimum Gasteiger partial charge on any atom is -0.396 e. The fraction of sp³-hybridized carbons (Fsp3) is 1.00. The van der Waals surface area contributed by atoms with Crippen LogP contribution in [-0.4, -0.2) is 44.2 Å². The van der Waals surface area contributed by atoms with Gasteiger partial charge in [0.2, 0.25) is 0 Å². The third kappa shape index (κ3) is 3.94. The molecule has 0 aromatic heterocycles.